The molecule has 0 aliphatic carbocycles. The highest BCUT2D eigenvalue weighted by atomic mass is 32.1. The fraction of sp³-hybridized carbons (Fsp3) is 0.438. The van der Waals surface area contributed by atoms with Crippen LogP contribution in [-0.4, -0.2) is 47.9 Å². The molecule has 2 amide bonds. The van der Waals surface area contributed by atoms with Gasteiger partial charge < -0.3 is 10.1 Å². The predicted octanol–water partition coefficient (Wildman–Crippen LogP) is 2.51. The van der Waals surface area contributed by atoms with Gasteiger partial charge in [-0.1, -0.05) is 29.5 Å². The number of ether oxygens (including phenoxy) is 1. The molecule has 0 spiro atoms. The van der Waals surface area contributed by atoms with E-state index in [1.165, 1.54) is 24.2 Å². The molecule has 128 valence electrons. The lowest BCUT2D eigenvalue weighted by Gasteiger charge is -2.29. The number of nitrogens with one attached hydrogen (secondary N) is 2. The van der Waals surface area contributed by atoms with E-state index in [0.717, 1.165) is 24.4 Å². The number of aromatic nitrogens is 2. The maximum Gasteiger partial charge on any atom is 0.321 e. The van der Waals surface area contributed by atoms with E-state index >= 15 is 0 Å². The molecule has 1 fully saturated rings. The van der Waals surface area contributed by atoms with Gasteiger partial charge in [-0.2, -0.15) is 0 Å². The van der Waals surface area contributed by atoms with Crippen LogP contribution in [0.2, 0.25) is 0 Å². The standard InChI is InChI=1S/C16H21N5O2S/c1-23-14-7-3-2-6-12(14)13(21-8-4-5-9-21)10-17-15(22)19-16-20-18-11-24-16/h2-3,6-7,11,13H,4-5,8-10H2,1H3,(H2,17,19,20,22)/t13-/m1/s1. The summed E-state index contributed by atoms with van der Waals surface area (Å²) in [6.07, 6.45) is 2.37. The fourth-order valence-corrected chi connectivity index (χ4v) is 3.43. The van der Waals surface area contributed by atoms with Crippen molar-refractivity contribution in [1.29, 1.82) is 0 Å². The zero-order valence-corrected chi connectivity index (χ0v) is 14.4. The lowest BCUT2D eigenvalue weighted by molar-refractivity contribution is 0.224. The van der Waals surface area contributed by atoms with Crippen LogP contribution in [0.5, 0.6) is 5.75 Å². The summed E-state index contributed by atoms with van der Waals surface area (Å²) in [5.74, 6) is 0.848. The number of rotatable bonds is 6. The maximum absolute atomic E-state index is 12.1. The molecule has 2 N–H and O–H groups in total. The number of urea groups is 1. The number of para-hydroxylation sites is 1. The molecule has 24 heavy (non-hydrogen) atoms. The minimum Gasteiger partial charge on any atom is -0.496 e. The number of amides is 2. The first-order valence-corrected chi connectivity index (χ1v) is 8.84. The van der Waals surface area contributed by atoms with Gasteiger partial charge in [0.1, 0.15) is 11.3 Å². The third-order valence-corrected chi connectivity index (χ3v) is 4.72. The second kappa shape index (κ2) is 8.07. The summed E-state index contributed by atoms with van der Waals surface area (Å²) in [5.41, 5.74) is 2.68. The van der Waals surface area contributed by atoms with E-state index in [1.54, 1.807) is 12.6 Å². The lowest BCUT2D eigenvalue weighted by atomic mass is 10.0. The number of methoxy groups -OCH3 is 1. The molecular weight excluding hydrogens is 326 g/mol. The van der Waals surface area contributed by atoms with E-state index in [4.69, 9.17) is 4.74 Å². The van der Waals surface area contributed by atoms with Crippen LogP contribution in [0.25, 0.3) is 0 Å². The Hall–Kier alpha value is -2.19. The highest BCUT2D eigenvalue weighted by Crippen LogP contribution is 2.31. The zero-order chi connectivity index (χ0) is 16.8. The van der Waals surface area contributed by atoms with Crippen LogP contribution >= 0.6 is 11.3 Å². The number of hydrogen-bond donors (Lipinski definition) is 2. The van der Waals surface area contributed by atoms with E-state index in [0.29, 0.717) is 11.7 Å². The van der Waals surface area contributed by atoms with Gasteiger partial charge in [0.05, 0.1) is 13.2 Å². The van der Waals surface area contributed by atoms with E-state index < -0.39 is 0 Å². The second-order valence-electron chi connectivity index (χ2n) is 5.58. The average Bonchev–Trinajstić information content (AvgIpc) is 3.29. The van der Waals surface area contributed by atoms with Gasteiger partial charge in [0.25, 0.3) is 0 Å². The van der Waals surface area contributed by atoms with Gasteiger partial charge in [0.2, 0.25) is 5.13 Å². The van der Waals surface area contributed by atoms with Crippen molar-refractivity contribution in [1.82, 2.24) is 20.4 Å². The summed E-state index contributed by atoms with van der Waals surface area (Å²) >= 11 is 1.29. The van der Waals surface area contributed by atoms with Crippen molar-refractivity contribution < 1.29 is 9.53 Å². The minimum absolute atomic E-state index is 0.0869. The van der Waals surface area contributed by atoms with E-state index in [-0.39, 0.29) is 12.1 Å². The highest BCUT2D eigenvalue weighted by Gasteiger charge is 2.26. The van der Waals surface area contributed by atoms with Crippen molar-refractivity contribution in [3.05, 3.63) is 35.3 Å². The molecule has 1 aromatic heterocycles. The van der Waals surface area contributed by atoms with Crippen molar-refractivity contribution in [2.75, 3.05) is 32.1 Å². The Kier molecular flexibility index (Phi) is 5.60. The zero-order valence-electron chi connectivity index (χ0n) is 13.6. The maximum atomic E-state index is 12.1. The number of carbonyl (C=O) groups excluding carboxylic acids is 1. The summed E-state index contributed by atoms with van der Waals surface area (Å²) in [7, 11) is 1.68. The minimum atomic E-state index is -0.272. The van der Waals surface area contributed by atoms with Gasteiger partial charge in [-0.05, 0) is 32.0 Å². The van der Waals surface area contributed by atoms with Crippen molar-refractivity contribution in [2.45, 2.75) is 18.9 Å². The third kappa shape index (κ3) is 4.01. The van der Waals surface area contributed by atoms with Crippen LogP contribution in [0.1, 0.15) is 24.4 Å². The fourth-order valence-electron chi connectivity index (χ4n) is 2.99. The number of benzene rings is 1. The Labute approximate surface area is 145 Å². The van der Waals surface area contributed by atoms with Crippen molar-refractivity contribution in [2.24, 2.45) is 0 Å². The first-order valence-electron chi connectivity index (χ1n) is 7.96. The molecule has 0 radical (unpaired) electrons. The van der Waals surface area contributed by atoms with Gasteiger partial charge >= 0.3 is 6.03 Å². The van der Waals surface area contributed by atoms with Crippen molar-refractivity contribution in [3.63, 3.8) is 0 Å². The SMILES string of the molecule is COc1ccccc1[C@@H](CNC(=O)Nc1nncs1)N1CCCC1. The molecule has 1 aliphatic rings. The molecule has 1 atom stereocenters. The summed E-state index contributed by atoms with van der Waals surface area (Å²) in [4.78, 5) is 14.5. The Morgan fingerprint density at radius 3 is 2.88 bits per heavy atom. The number of hydrogen-bond acceptors (Lipinski definition) is 6. The van der Waals surface area contributed by atoms with Crippen molar-refractivity contribution >= 4 is 22.5 Å². The molecule has 0 saturated carbocycles. The first-order chi connectivity index (χ1) is 11.8. The van der Waals surface area contributed by atoms with Crippen LogP contribution in [-0.2, 0) is 0 Å². The van der Waals surface area contributed by atoms with Crippen LogP contribution < -0.4 is 15.4 Å². The normalized spacial score (nSPS) is 15.9. The molecule has 7 nitrogen and oxygen atoms in total. The van der Waals surface area contributed by atoms with E-state index in [9.17, 15) is 4.79 Å². The Morgan fingerprint density at radius 2 is 2.17 bits per heavy atom. The Bertz CT molecular complexity index is 658. The van der Waals surface area contributed by atoms with E-state index in [2.05, 4.69) is 31.8 Å². The monoisotopic (exact) mass is 347 g/mol. The van der Waals surface area contributed by atoms with Crippen LogP contribution in [0.4, 0.5) is 9.93 Å². The molecular formula is C16H21N5O2S. The molecule has 8 heteroatoms. The van der Waals surface area contributed by atoms with Gasteiger partial charge in [-0.25, -0.2) is 4.79 Å². The second-order valence-corrected chi connectivity index (χ2v) is 6.41. The van der Waals surface area contributed by atoms with Gasteiger partial charge in [-0.3, -0.25) is 10.2 Å². The third-order valence-electron chi connectivity index (χ3n) is 4.12. The van der Waals surface area contributed by atoms with Crippen LogP contribution in [0.15, 0.2) is 29.8 Å². The van der Waals surface area contributed by atoms with Gasteiger partial charge in [0, 0.05) is 12.1 Å². The molecule has 0 bridgehead atoms. The van der Waals surface area contributed by atoms with Crippen LogP contribution in [0.3, 0.4) is 0 Å². The summed E-state index contributed by atoms with van der Waals surface area (Å²) in [5, 5.41) is 13.6. The Morgan fingerprint density at radius 1 is 1.38 bits per heavy atom. The summed E-state index contributed by atoms with van der Waals surface area (Å²) in [6, 6.07) is 7.79. The first kappa shape index (κ1) is 16.7. The lowest BCUT2D eigenvalue weighted by Crippen LogP contribution is -2.38. The topological polar surface area (TPSA) is 79.4 Å². The number of nitrogens with zero attached hydrogens (tertiary/aromatic N) is 3. The number of carbonyl (C=O) groups is 1. The Balaban J connectivity index is 1.69. The smallest absolute Gasteiger partial charge is 0.321 e. The number of likely N-dealkylation sites (tertiary alicyclic amines) is 1. The predicted molar refractivity (Wildman–Crippen MR) is 93.5 cm³/mol. The quantitative estimate of drug-likeness (QED) is 0.839. The molecule has 1 aliphatic heterocycles. The number of anilines is 1. The highest BCUT2D eigenvalue weighted by molar-refractivity contribution is 7.13. The molecule has 0 unspecified atom stereocenters. The van der Waals surface area contributed by atoms with Crippen molar-refractivity contribution in [3.8, 4) is 5.75 Å². The molecule has 2 heterocycles. The largest absolute Gasteiger partial charge is 0.496 e. The average molecular weight is 347 g/mol. The molecule has 2 aromatic rings. The van der Waals surface area contributed by atoms with E-state index in [1.807, 2.05) is 18.2 Å². The summed E-state index contributed by atoms with van der Waals surface area (Å²) in [6.45, 7) is 2.57. The van der Waals surface area contributed by atoms with Gasteiger partial charge in [-0.15, -0.1) is 10.2 Å². The molecule has 3 rings (SSSR count). The van der Waals surface area contributed by atoms with Crippen LogP contribution in [0, 0.1) is 0 Å². The molecule has 1 saturated heterocycles. The molecule has 1 aromatic carbocycles. The van der Waals surface area contributed by atoms with Gasteiger partial charge in [0.15, 0.2) is 0 Å². The summed E-state index contributed by atoms with van der Waals surface area (Å²) < 4.78 is 5.51.